The molecule has 32 heavy (non-hydrogen) atoms. The van der Waals surface area contributed by atoms with Gasteiger partial charge in [0.1, 0.15) is 10.5 Å². The van der Waals surface area contributed by atoms with Crippen molar-refractivity contribution in [2.45, 2.75) is 25.0 Å². The first-order chi connectivity index (χ1) is 15.6. The number of carbonyl (C=O) groups excluding carboxylic acids is 1. The Kier molecular flexibility index (Phi) is 5.54. The van der Waals surface area contributed by atoms with Crippen molar-refractivity contribution in [3.63, 3.8) is 0 Å². The Balaban J connectivity index is 1.44. The van der Waals surface area contributed by atoms with E-state index in [0.717, 1.165) is 23.2 Å². The Morgan fingerprint density at radius 1 is 1.22 bits per heavy atom. The van der Waals surface area contributed by atoms with Crippen molar-refractivity contribution in [2.75, 3.05) is 11.1 Å². The van der Waals surface area contributed by atoms with Gasteiger partial charge in [-0.1, -0.05) is 30.8 Å². The van der Waals surface area contributed by atoms with E-state index in [1.807, 2.05) is 46.2 Å². The first-order valence-electron chi connectivity index (χ1n) is 10.0. The van der Waals surface area contributed by atoms with Gasteiger partial charge in [-0.15, -0.1) is 21.5 Å². The summed E-state index contributed by atoms with van der Waals surface area (Å²) >= 11 is 2.65. The molecule has 4 aromatic heterocycles. The molecular weight excluding hydrogens is 446 g/mol. The highest BCUT2D eigenvalue weighted by molar-refractivity contribution is 7.99. The fourth-order valence-electron chi connectivity index (χ4n) is 3.49. The average Bonchev–Trinajstić information content (AvgIpc) is 3.56. The maximum Gasteiger partial charge on any atom is 0.273 e. The van der Waals surface area contributed by atoms with Crippen LogP contribution in [0.3, 0.4) is 0 Å². The van der Waals surface area contributed by atoms with Crippen LogP contribution >= 0.6 is 23.1 Å². The second-order valence-corrected chi connectivity index (χ2v) is 8.97. The Labute approximate surface area is 190 Å². The van der Waals surface area contributed by atoms with Gasteiger partial charge in [-0.05, 0) is 47.7 Å². The van der Waals surface area contributed by atoms with E-state index in [-0.39, 0.29) is 23.8 Å². The van der Waals surface area contributed by atoms with E-state index in [1.165, 1.54) is 23.1 Å². The summed E-state index contributed by atoms with van der Waals surface area (Å²) in [5.74, 6) is 1.09. The lowest BCUT2D eigenvalue weighted by molar-refractivity contribution is -0.113. The molecule has 0 saturated heterocycles. The van der Waals surface area contributed by atoms with Crippen molar-refractivity contribution in [1.82, 2.24) is 19.2 Å². The second kappa shape index (κ2) is 8.64. The number of fused-ring (bicyclic) bond motifs is 3. The van der Waals surface area contributed by atoms with Gasteiger partial charge in [-0.25, -0.2) is 0 Å². The third-order valence-electron chi connectivity index (χ3n) is 5.03. The van der Waals surface area contributed by atoms with E-state index in [0.29, 0.717) is 21.4 Å². The van der Waals surface area contributed by atoms with Gasteiger partial charge in [0.2, 0.25) is 11.7 Å². The molecule has 5 rings (SSSR count). The summed E-state index contributed by atoms with van der Waals surface area (Å²) in [6, 6.07) is 13.3. The number of thiophene rings is 1. The molecule has 0 atom stereocenters. The quantitative estimate of drug-likeness (QED) is 0.365. The molecule has 0 saturated carbocycles. The molecule has 4 heterocycles. The molecule has 0 aliphatic carbocycles. The number of furan rings is 1. The molecule has 0 aliphatic heterocycles. The van der Waals surface area contributed by atoms with Crippen LogP contribution in [0.5, 0.6) is 0 Å². The summed E-state index contributed by atoms with van der Waals surface area (Å²) in [6.07, 6.45) is 2.47. The van der Waals surface area contributed by atoms with Gasteiger partial charge >= 0.3 is 0 Å². The van der Waals surface area contributed by atoms with Crippen LogP contribution in [-0.4, -0.2) is 30.8 Å². The molecule has 0 spiro atoms. The molecule has 0 bridgehead atoms. The highest BCUT2D eigenvalue weighted by atomic mass is 32.2. The molecule has 162 valence electrons. The van der Waals surface area contributed by atoms with Crippen molar-refractivity contribution < 1.29 is 9.21 Å². The van der Waals surface area contributed by atoms with Gasteiger partial charge < -0.3 is 9.73 Å². The van der Waals surface area contributed by atoms with E-state index < -0.39 is 0 Å². The molecule has 0 fully saturated rings. The van der Waals surface area contributed by atoms with Gasteiger partial charge in [0, 0.05) is 5.69 Å². The lowest BCUT2D eigenvalue weighted by Crippen LogP contribution is -2.23. The number of hydrogen-bond acceptors (Lipinski definition) is 7. The molecule has 1 N–H and O–H groups in total. The summed E-state index contributed by atoms with van der Waals surface area (Å²) < 4.78 is 9.40. The average molecular weight is 466 g/mol. The topological polar surface area (TPSA) is 94.4 Å². The minimum atomic E-state index is -0.142. The summed E-state index contributed by atoms with van der Waals surface area (Å²) in [7, 11) is 0. The summed E-state index contributed by atoms with van der Waals surface area (Å²) in [5, 5.41) is 13.9. The number of aryl methyl sites for hydroxylation is 1. The van der Waals surface area contributed by atoms with Gasteiger partial charge in [-0.2, -0.15) is 0 Å². The first-order valence-corrected chi connectivity index (χ1v) is 11.9. The van der Waals surface area contributed by atoms with E-state index in [1.54, 1.807) is 16.9 Å². The van der Waals surface area contributed by atoms with Crippen LogP contribution in [-0.2, 0) is 17.8 Å². The smallest absolute Gasteiger partial charge is 0.273 e. The minimum absolute atomic E-state index is 0.134. The van der Waals surface area contributed by atoms with Crippen LogP contribution < -0.4 is 10.9 Å². The van der Waals surface area contributed by atoms with Crippen LogP contribution in [0.25, 0.3) is 16.0 Å². The largest absolute Gasteiger partial charge is 0.467 e. The van der Waals surface area contributed by atoms with E-state index in [9.17, 15) is 9.59 Å². The molecule has 10 heteroatoms. The number of thioether (sulfide) groups is 1. The molecule has 0 unspecified atom stereocenters. The molecule has 5 aromatic rings. The summed E-state index contributed by atoms with van der Waals surface area (Å²) in [4.78, 5) is 25.6. The Morgan fingerprint density at radius 2 is 2.12 bits per heavy atom. The number of aromatic nitrogens is 4. The maximum absolute atomic E-state index is 13.0. The Bertz CT molecular complexity index is 1470. The van der Waals surface area contributed by atoms with Crippen LogP contribution in [0, 0.1) is 0 Å². The number of hydrogen-bond donors (Lipinski definition) is 1. The van der Waals surface area contributed by atoms with E-state index >= 15 is 0 Å². The zero-order chi connectivity index (χ0) is 22.1. The maximum atomic E-state index is 13.0. The molecular formula is C22H19N5O3S2. The van der Waals surface area contributed by atoms with Crippen molar-refractivity contribution in [1.29, 1.82) is 0 Å². The zero-order valence-corrected chi connectivity index (χ0v) is 18.8. The number of anilines is 1. The highest BCUT2D eigenvalue weighted by Gasteiger charge is 2.19. The summed E-state index contributed by atoms with van der Waals surface area (Å²) in [5.41, 5.74) is 2.52. The SMILES string of the molecule is CCc1cccc(NC(=O)CSc2nnc3n(Cc4ccco4)c(=O)c4sccc4n23)c1. The van der Waals surface area contributed by atoms with Crippen LogP contribution in [0.1, 0.15) is 18.2 Å². The number of benzene rings is 1. The van der Waals surface area contributed by atoms with Gasteiger partial charge in [0.15, 0.2) is 5.16 Å². The molecule has 1 amide bonds. The number of nitrogens with zero attached hydrogens (tertiary/aromatic N) is 4. The molecule has 1 aromatic carbocycles. The fourth-order valence-corrected chi connectivity index (χ4v) is 5.05. The van der Waals surface area contributed by atoms with Crippen molar-refractivity contribution in [3.8, 4) is 0 Å². The molecule has 8 nitrogen and oxygen atoms in total. The van der Waals surface area contributed by atoms with E-state index in [4.69, 9.17) is 4.42 Å². The van der Waals surface area contributed by atoms with Gasteiger partial charge in [0.25, 0.3) is 5.56 Å². The highest BCUT2D eigenvalue weighted by Crippen LogP contribution is 2.25. The Hall–Kier alpha value is -3.37. The number of carbonyl (C=O) groups is 1. The van der Waals surface area contributed by atoms with Crippen LogP contribution in [0.4, 0.5) is 5.69 Å². The van der Waals surface area contributed by atoms with Gasteiger partial charge in [-0.3, -0.25) is 18.6 Å². The summed E-state index contributed by atoms with van der Waals surface area (Å²) in [6.45, 7) is 2.32. The van der Waals surface area contributed by atoms with Crippen molar-refractivity contribution in [3.05, 3.63) is 75.8 Å². The van der Waals surface area contributed by atoms with Crippen LogP contribution in [0.15, 0.2) is 68.5 Å². The standard InChI is InChI=1S/C22H19N5O3S2/c1-2-14-5-3-6-15(11-14)23-18(28)13-32-22-25-24-21-26(12-16-7-4-9-30-16)20(29)19-17(27(21)22)8-10-31-19/h3-11H,2,12-13H2,1H3,(H,23,28). The lowest BCUT2D eigenvalue weighted by Gasteiger charge is -2.08. The molecule has 0 aliphatic rings. The minimum Gasteiger partial charge on any atom is -0.467 e. The Morgan fingerprint density at radius 3 is 2.94 bits per heavy atom. The third kappa shape index (κ3) is 3.82. The fraction of sp³-hybridized carbons (Fsp3) is 0.182. The third-order valence-corrected chi connectivity index (χ3v) is 6.85. The van der Waals surface area contributed by atoms with Crippen molar-refractivity contribution >= 4 is 50.7 Å². The lowest BCUT2D eigenvalue weighted by atomic mass is 10.1. The normalized spacial score (nSPS) is 11.4. The second-order valence-electron chi connectivity index (χ2n) is 7.11. The molecule has 0 radical (unpaired) electrons. The van der Waals surface area contributed by atoms with Crippen LogP contribution in [0.2, 0.25) is 0 Å². The monoisotopic (exact) mass is 465 g/mol. The van der Waals surface area contributed by atoms with E-state index in [2.05, 4.69) is 22.4 Å². The number of amides is 1. The predicted molar refractivity (Wildman–Crippen MR) is 126 cm³/mol. The number of nitrogens with one attached hydrogen (secondary N) is 1. The van der Waals surface area contributed by atoms with Gasteiger partial charge in [0.05, 0.1) is 24.1 Å². The predicted octanol–water partition coefficient (Wildman–Crippen LogP) is 4.04. The van der Waals surface area contributed by atoms with Crippen molar-refractivity contribution in [2.24, 2.45) is 0 Å². The zero-order valence-electron chi connectivity index (χ0n) is 17.1. The first kappa shape index (κ1) is 20.5. The number of rotatable bonds is 7.